The molecule has 0 bridgehead atoms. The van der Waals surface area contributed by atoms with Crippen molar-refractivity contribution in [2.75, 3.05) is 34.2 Å². The summed E-state index contributed by atoms with van der Waals surface area (Å²) < 4.78 is 0. The molecule has 0 aliphatic carbocycles. The van der Waals surface area contributed by atoms with Crippen molar-refractivity contribution in [3.05, 3.63) is 35.4 Å². The fraction of sp³-hybridized carbons (Fsp3) is 0.438. The monoisotopic (exact) mass is 317 g/mol. The lowest BCUT2D eigenvalue weighted by Crippen LogP contribution is -2.33. The van der Waals surface area contributed by atoms with Crippen LogP contribution in [0.25, 0.3) is 0 Å². The summed E-state index contributed by atoms with van der Waals surface area (Å²) in [5.41, 5.74) is 7.62. The number of primary amides is 1. The number of carbonyl (C=O) groups excluding carboxylic acids is 1. The van der Waals surface area contributed by atoms with Gasteiger partial charge in [0.05, 0.1) is 5.71 Å². The number of nitrogens with one attached hydrogen (secondary N) is 1. The van der Waals surface area contributed by atoms with Gasteiger partial charge in [-0.2, -0.15) is 0 Å². The van der Waals surface area contributed by atoms with Crippen LogP contribution in [0.15, 0.2) is 29.4 Å². The van der Waals surface area contributed by atoms with Crippen molar-refractivity contribution in [2.24, 2.45) is 10.9 Å². The average molecular weight is 317 g/mol. The highest BCUT2D eigenvalue weighted by molar-refractivity contribution is 6.04. The van der Waals surface area contributed by atoms with Gasteiger partial charge in [0.1, 0.15) is 5.84 Å². The molecule has 1 aliphatic heterocycles. The molecule has 0 saturated carbocycles. The third-order valence-electron chi connectivity index (χ3n) is 3.74. The molecule has 2 rings (SSSR count). The summed E-state index contributed by atoms with van der Waals surface area (Å²) in [6, 6.07) is 7.53. The molecule has 0 aromatic heterocycles. The lowest BCUT2D eigenvalue weighted by atomic mass is 10.0. The second kappa shape index (κ2) is 7.23. The Labute approximate surface area is 136 Å². The van der Waals surface area contributed by atoms with E-state index in [2.05, 4.69) is 10.1 Å². The Morgan fingerprint density at radius 3 is 2.48 bits per heavy atom. The Balaban J connectivity index is 2.00. The Bertz CT molecular complexity index is 609. The number of hydrogen-bond donors (Lipinski definition) is 2. The van der Waals surface area contributed by atoms with Gasteiger partial charge in [0.25, 0.3) is 5.91 Å². The molecule has 7 heteroatoms. The topological polar surface area (TPSA) is 95.0 Å². The molecule has 7 nitrogen and oxygen atoms in total. The van der Waals surface area contributed by atoms with Gasteiger partial charge in [0.15, 0.2) is 0 Å². The maximum Gasteiger partial charge on any atom is 0.261 e. The van der Waals surface area contributed by atoms with Crippen LogP contribution in [-0.4, -0.2) is 67.6 Å². The quantitative estimate of drug-likeness (QED) is 0.589. The van der Waals surface area contributed by atoms with E-state index in [0.717, 1.165) is 24.2 Å². The number of carbonyl (C=O) groups is 1. The molecule has 124 valence electrons. The largest absolute Gasteiger partial charge is 0.382 e. The second-order valence-electron chi connectivity index (χ2n) is 5.89. The van der Waals surface area contributed by atoms with Crippen molar-refractivity contribution in [3.8, 4) is 0 Å². The maximum atomic E-state index is 11.1. The normalized spacial score (nSPS) is 16.9. The second-order valence-corrected chi connectivity index (χ2v) is 5.89. The smallest absolute Gasteiger partial charge is 0.261 e. The zero-order valence-electron chi connectivity index (χ0n) is 13.7. The predicted octanol–water partition coefficient (Wildman–Crippen LogP) is 0.484. The van der Waals surface area contributed by atoms with Crippen LogP contribution in [0, 0.1) is 5.41 Å². The first-order valence-corrected chi connectivity index (χ1v) is 7.45. The Morgan fingerprint density at radius 2 is 1.96 bits per heavy atom. The fourth-order valence-corrected chi connectivity index (χ4v) is 2.20. The Kier molecular flexibility index (Phi) is 5.33. The molecule has 1 aromatic carbocycles. The van der Waals surface area contributed by atoms with Gasteiger partial charge in [-0.1, -0.05) is 29.4 Å². The zero-order valence-corrected chi connectivity index (χ0v) is 13.7. The molecule has 0 fully saturated rings. The van der Waals surface area contributed by atoms with Crippen molar-refractivity contribution in [1.29, 1.82) is 5.41 Å². The number of amides is 1. The highest BCUT2D eigenvalue weighted by Gasteiger charge is 2.26. The molecule has 0 radical (unpaired) electrons. The van der Waals surface area contributed by atoms with E-state index in [4.69, 9.17) is 16.0 Å². The molecule has 1 atom stereocenters. The van der Waals surface area contributed by atoms with Crippen molar-refractivity contribution in [3.63, 3.8) is 0 Å². The number of nitrogens with two attached hydrogens (primary N) is 1. The minimum Gasteiger partial charge on any atom is -0.382 e. The molecule has 1 unspecified atom stereocenters. The van der Waals surface area contributed by atoms with Gasteiger partial charge >= 0.3 is 0 Å². The summed E-state index contributed by atoms with van der Waals surface area (Å²) in [5.74, 6) is -0.0392. The summed E-state index contributed by atoms with van der Waals surface area (Å²) in [5, 5.41) is 12.2. The zero-order chi connectivity index (χ0) is 17.0. The Hall–Kier alpha value is -2.41. The van der Waals surface area contributed by atoms with Crippen LogP contribution in [-0.2, 0) is 9.63 Å². The van der Waals surface area contributed by atoms with E-state index in [1.807, 2.05) is 50.3 Å². The number of amidine groups is 1. The van der Waals surface area contributed by atoms with Crippen LogP contribution in [0.3, 0.4) is 0 Å². The summed E-state index contributed by atoms with van der Waals surface area (Å²) >= 11 is 0. The van der Waals surface area contributed by atoms with E-state index in [1.165, 1.54) is 0 Å². The number of rotatable bonds is 6. The fourth-order valence-electron chi connectivity index (χ4n) is 2.20. The SMILES string of the molecule is CN(C)CCN(C)C(=N)c1ccc(C2=NOC(C(N)=O)C2)cc1. The number of hydrogen-bond acceptors (Lipinski definition) is 5. The predicted molar refractivity (Wildman–Crippen MR) is 89.7 cm³/mol. The van der Waals surface area contributed by atoms with Crippen LogP contribution < -0.4 is 5.73 Å². The summed E-state index contributed by atoms with van der Waals surface area (Å²) in [7, 11) is 5.93. The average Bonchev–Trinajstić information content (AvgIpc) is 3.02. The van der Waals surface area contributed by atoms with Crippen molar-refractivity contribution in [2.45, 2.75) is 12.5 Å². The van der Waals surface area contributed by atoms with Gasteiger partial charge in [-0.05, 0) is 19.7 Å². The van der Waals surface area contributed by atoms with Crippen LogP contribution in [0.1, 0.15) is 17.5 Å². The molecule has 0 saturated heterocycles. The minimum absolute atomic E-state index is 0.384. The third-order valence-corrected chi connectivity index (χ3v) is 3.74. The molecular weight excluding hydrogens is 294 g/mol. The minimum atomic E-state index is -0.680. The first-order valence-electron chi connectivity index (χ1n) is 7.45. The van der Waals surface area contributed by atoms with Crippen molar-refractivity contribution in [1.82, 2.24) is 9.80 Å². The lowest BCUT2D eigenvalue weighted by molar-refractivity contribution is -0.127. The van der Waals surface area contributed by atoms with E-state index in [9.17, 15) is 4.79 Å². The number of nitrogens with zero attached hydrogens (tertiary/aromatic N) is 3. The molecule has 23 heavy (non-hydrogen) atoms. The van der Waals surface area contributed by atoms with Crippen LogP contribution in [0.4, 0.5) is 0 Å². The molecule has 1 amide bonds. The van der Waals surface area contributed by atoms with Gasteiger partial charge < -0.3 is 20.4 Å². The van der Waals surface area contributed by atoms with Crippen molar-refractivity contribution >= 4 is 17.5 Å². The lowest BCUT2D eigenvalue weighted by Gasteiger charge is -2.22. The highest BCUT2D eigenvalue weighted by atomic mass is 16.6. The van der Waals surface area contributed by atoms with Gasteiger partial charge in [-0.25, -0.2) is 0 Å². The number of oxime groups is 1. The number of benzene rings is 1. The molecule has 1 aromatic rings. The molecule has 1 heterocycles. The molecule has 1 aliphatic rings. The van der Waals surface area contributed by atoms with Crippen LogP contribution >= 0.6 is 0 Å². The highest BCUT2D eigenvalue weighted by Crippen LogP contribution is 2.17. The molecular formula is C16H23N5O2. The molecule has 3 N–H and O–H groups in total. The van der Waals surface area contributed by atoms with E-state index in [1.54, 1.807) is 0 Å². The van der Waals surface area contributed by atoms with Gasteiger partial charge in [0, 0.05) is 32.1 Å². The standard InChI is InChI=1S/C16H23N5O2/c1-20(2)8-9-21(3)15(17)12-6-4-11(5-7-12)13-10-14(16(18)22)23-19-13/h4-7,14,17H,8-10H2,1-3H3,(H2,18,22). The van der Waals surface area contributed by atoms with Gasteiger partial charge in [-0.15, -0.1) is 0 Å². The Morgan fingerprint density at radius 1 is 1.30 bits per heavy atom. The third kappa shape index (κ3) is 4.29. The van der Waals surface area contributed by atoms with Crippen LogP contribution in [0.2, 0.25) is 0 Å². The van der Waals surface area contributed by atoms with E-state index < -0.39 is 12.0 Å². The first kappa shape index (κ1) is 17.0. The summed E-state index contributed by atoms with van der Waals surface area (Å²) in [6.07, 6.45) is -0.297. The maximum absolute atomic E-state index is 11.1. The summed E-state index contributed by atoms with van der Waals surface area (Å²) in [4.78, 5) is 20.1. The van der Waals surface area contributed by atoms with E-state index in [-0.39, 0.29) is 0 Å². The van der Waals surface area contributed by atoms with Crippen LogP contribution in [0.5, 0.6) is 0 Å². The molecule has 0 spiro atoms. The van der Waals surface area contributed by atoms with Gasteiger partial charge in [-0.3, -0.25) is 10.2 Å². The summed E-state index contributed by atoms with van der Waals surface area (Å²) in [6.45, 7) is 1.67. The van der Waals surface area contributed by atoms with E-state index in [0.29, 0.717) is 18.0 Å². The van der Waals surface area contributed by atoms with Gasteiger partial charge in [0.2, 0.25) is 6.10 Å². The first-order chi connectivity index (χ1) is 10.9. The van der Waals surface area contributed by atoms with Crippen molar-refractivity contribution < 1.29 is 9.63 Å². The van der Waals surface area contributed by atoms with E-state index >= 15 is 0 Å². The number of likely N-dealkylation sites (N-methyl/N-ethyl adjacent to an activating group) is 2.